The van der Waals surface area contributed by atoms with Crippen LogP contribution in [0.4, 0.5) is 4.39 Å². The van der Waals surface area contributed by atoms with E-state index in [4.69, 9.17) is 10.3 Å². The minimum absolute atomic E-state index is 0. The van der Waals surface area contributed by atoms with E-state index in [-0.39, 0.29) is 31.2 Å². The number of nitrogens with zero attached hydrogens (tertiary/aromatic N) is 5. The van der Waals surface area contributed by atoms with E-state index in [1.165, 1.54) is 9.08 Å². The van der Waals surface area contributed by atoms with Crippen molar-refractivity contribution in [3.63, 3.8) is 0 Å². The Morgan fingerprint density at radius 2 is 1.94 bits per heavy atom. The lowest BCUT2D eigenvalue weighted by molar-refractivity contribution is 0.380. The highest BCUT2D eigenvalue weighted by Gasteiger charge is 2.29. The molecule has 31 heavy (non-hydrogen) atoms. The quantitative estimate of drug-likeness (QED) is 0.491. The topological polar surface area (TPSA) is 104 Å². The summed E-state index contributed by atoms with van der Waals surface area (Å²) in [5, 5.41) is 8.36. The van der Waals surface area contributed by atoms with Crippen LogP contribution in [0.25, 0.3) is 28.2 Å². The van der Waals surface area contributed by atoms with Crippen LogP contribution < -0.4 is 11.4 Å². The second kappa shape index (κ2) is 8.44. The fraction of sp³-hybridized carbons (Fsp3) is 0.238. The molecule has 0 bridgehead atoms. The highest BCUT2D eigenvalue weighted by molar-refractivity contribution is 5.85. The van der Waals surface area contributed by atoms with Crippen LogP contribution in [-0.4, -0.2) is 30.9 Å². The van der Waals surface area contributed by atoms with Gasteiger partial charge in [-0.2, -0.15) is 4.98 Å². The van der Waals surface area contributed by atoms with Crippen LogP contribution in [0.3, 0.4) is 0 Å². The van der Waals surface area contributed by atoms with Gasteiger partial charge in [-0.25, -0.2) is 13.9 Å². The summed E-state index contributed by atoms with van der Waals surface area (Å²) in [6, 6.07) is 11.4. The van der Waals surface area contributed by atoms with Crippen molar-refractivity contribution in [1.82, 2.24) is 24.3 Å². The number of hydrogen-bond donors (Lipinski definition) is 1. The molecule has 3 heterocycles. The maximum absolute atomic E-state index is 12.8. The van der Waals surface area contributed by atoms with Gasteiger partial charge in [0.1, 0.15) is 0 Å². The first-order chi connectivity index (χ1) is 14.7. The molecule has 1 aromatic carbocycles. The van der Waals surface area contributed by atoms with E-state index >= 15 is 0 Å². The molecule has 0 atom stereocenters. The summed E-state index contributed by atoms with van der Waals surface area (Å²) in [4.78, 5) is 16.9. The number of pyridine rings is 1. The molecule has 10 heteroatoms. The van der Waals surface area contributed by atoms with Crippen molar-refractivity contribution in [3.05, 3.63) is 70.9 Å². The molecule has 0 amide bonds. The second-order valence-electron chi connectivity index (χ2n) is 7.36. The van der Waals surface area contributed by atoms with Gasteiger partial charge in [-0.3, -0.25) is 4.40 Å². The highest BCUT2D eigenvalue weighted by atomic mass is 35.5. The largest absolute Gasteiger partial charge is 0.350 e. The Hall–Kier alpha value is -3.30. The summed E-state index contributed by atoms with van der Waals surface area (Å²) in [6.07, 6.45) is 4.30. The lowest BCUT2D eigenvalue weighted by Crippen LogP contribution is -2.23. The standard InChI is InChI=1S/C21H19FN6O2.ClH/c22-10-13(11-23)12-28-21(29)27-8-7-17(9-18(27)25-28)14-1-3-15(4-2-14)19-24-20(30-26-19)16-5-6-16;/h1-4,7-10,16H,5-6,11-12,23H2;1H/b13-10+;. The van der Waals surface area contributed by atoms with Crippen molar-refractivity contribution in [2.45, 2.75) is 25.3 Å². The molecule has 160 valence electrons. The highest BCUT2D eigenvalue weighted by Crippen LogP contribution is 2.39. The second-order valence-corrected chi connectivity index (χ2v) is 7.36. The molecule has 8 nitrogen and oxygen atoms in total. The van der Waals surface area contributed by atoms with E-state index in [2.05, 4.69) is 15.2 Å². The van der Waals surface area contributed by atoms with Crippen molar-refractivity contribution in [1.29, 1.82) is 0 Å². The van der Waals surface area contributed by atoms with Crippen molar-refractivity contribution in [2.24, 2.45) is 5.73 Å². The Kier molecular flexibility index (Phi) is 5.71. The molecule has 4 aromatic rings. The molecule has 0 radical (unpaired) electrons. The van der Waals surface area contributed by atoms with Crippen molar-refractivity contribution in [3.8, 4) is 22.5 Å². The van der Waals surface area contributed by atoms with Crippen LogP contribution in [0.15, 0.2) is 63.8 Å². The average Bonchev–Trinajstić information content (AvgIpc) is 3.43. The number of nitrogens with two attached hydrogens (primary N) is 1. The first kappa shape index (κ1) is 21.0. The zero-order valence-corrected chi connectivity index (χ0v) is 17.3. The molecule has 5 rings (SSSR count). The summed E-state index contributed by atoms with van der Waals surface area (Å²) in [7, 11) is 0. The number of aromatic nitrogens is 5. The van der Waals surface area contributed by atoms with Gasteiger partial charge in [0.05, 0.1) is 12.9 Å². The summed E-state index contributed by atoms with van der Waals surface area (Å²) in [5.41, 5.74) is 8.64. The van der Waals surface area contributed by atoms with E-state index in [9.17, 15) is 9.18 Å². The molecule has 1 aliphatic rings. The molecule has 1 fully saturated rings. The molecule has 0 saturated heterocycles. The summed E-state index contributed by atoms with van der Waals surface area (Å²) in [5.74, 6) is 1.71. The van der Waals surface area contributed by atoms with Gasteiger partial charge >= 0.3 is 5.69 Å². The van der Waals surface area contributed by atoms with Crippen molar-refractivity contribution >= 4 is 18.1 Å². The van der Waals surface area contributed by atoms with Crippen LogP contribution in [-0.2, 0) is 6.54 Å². The van der Waals surface area contributed by atoms with Gasteiger partial charge < -0.3 is 10.3 Å². The Balaban J connectivity index is 0.00000231. The predicted octanol–water partition coefficient (Wildman–Crippen LogP) is 3.32. The monoisotopic (exact) mass is 442 g/mol. The van der Waals surface area contributed by atoms with E-state index in [0.29, 0.717) is 35.2 Å². The van der Waals surface area contributed by atoms with Crippen LogP contribution in [0.5, 0.6) is 0 Å². The number of halogens is 2. The third-order valence-corrected chi connectivity index (χ3v) is 5.20. The van der Waals surface area contributed by atoms with Gasteiger partial charge in [0.25, 0.3) is 0 Å². The first-order valence-corrected chi connectivity index (χ1v) is 9.68. The Morgan fingerprint density at radius 1 is 1.19 bits per heavy atom. The van der Waals surface area contributed by atoms with E-state index in [1.807, 2.05) is 36.4 Å². The van der Waals surface area contributed by atoms with E-state index < -0.39 is 0 Å². The zero-order chi connectivity index (χ0) is 20.7. The van der Waals surface area contributed by atoms with Crippen LogP contribution in [0.2, 0.25) is 0 Å². The van der Waals surface area contributed by atoms with Crippen LogP contribution in [0.1, 0.15) is 24.7 Å². The number of fused-ring (bicyclic) bond motifs is 1. The lowest BCUT2D eigenvalue weighted by atomic mass is 10.0. The predicted molar refractivity (Wildman–Crippen MR) is 116 cm³/mol. The fourth-order valence-corrected chi connectivity index (χ4v) is 3.30. The molecular weight excluding hydrogens is 423 g/mol. The maximum Gasteiger partial charge on any atom is 0.350 e. The van der Waals surface area contributed by atoms with E-state index in [1.54, 1.807) is 6.20 Å². The van der Waals surface area contributed by atoms with Gasteiger partial charge in [0, 0.05) is 24.2 Å². The van der Waals surface area contributed by atoms with Gasteiger partial charge in [0.15, 0.2) is 5.65 Å². The third-order valence-electron chi connectivity index (χ3n) is 5.20. The number of benzene rings is 1. The minimum atomic E-state index is -0.344. The SMILES string of the molecule is Cl.NC/C(=C\F)Cn1nc2cc(-c3ccc(-c4noc(C5CC5)n4)cc3)ccn2c1=O. The lowest BCUT2D eigenvalue weighted by Gasteiger charge is -2.03. The minimum Gasteiger partial charge on any atom is -0.339 e. The zero-order valence-electron chi connectivity index (χ0n) is 16.4. The first-order valence-electron chi connectivity index (χ1n) is 9.68. The maximum atomic E-state index is 12.8. The molecule has 0 aliphatic heterocycles. The van der Waals surface area contributed by atoms with Gasteiger partial charge in [-0.05, 0) is 41.7 Å². The number of hydrogen-bond acceptors (Lipinski definition) is 6. The van der Waals surface area contributed by atoms with Gasteiger partial charge in [0.2, 0.25) is 11.7 Å². The van der Waals surface area contributed by atoms with Crippen molar-refractivity contribution in [2.75, 3.05) is 6.54 Å². The normalized spacial score (nSPS) is 14.1. The third kappa shape index (κ3) is 4.01. The molecule has 1 saturated carbocycles. The average molecular weight is 443 g/mol. The van der Waals surface area contributed by atoms with Crippen molar-refractivity contribution < 1.29 is 8.91 Å². The Bertz CT molecular complexity index is 1300. The number of rotatable bonds is 6. The molecule has 3 aromatic heterocycles. The molecule has 1 aliphatic carbocycles. The van der Waals surface area contributed by atoms with Gasteiger partial charge in [-0.15, -0.1) is 17.5 Å². The van der Waals surface area contributed by atoms with Crippen LogP contribution in [0, 0.1) is 0 Å². The summed E-state index contributed by atoms with van der Waals surface area (Å²) in [6.45, 7) is 0.0437. The fourth-order valence-electron chi connectivity index (χ4n) is 3.30. The molecule has 0 unspecified atom stereocenters. The van der Waals surface area contributed by atoms with Crippen LogP contribution >= 0.6 is 12.4 Å². The van der Waals surface area contributed by atoms with E-state index in [0.717, 1.165) is 29.5 Å². The van der Waals surface area contributed by atoms with Gasteiger partial charge in [-0.1, -0.05) is 29.4 Å². The Labute approximate surface area is 182 Å². The molecule has 0 spiro atoms. The summed E-state index contributed by atoms with van der Waals surface area (Å²) < 4.78 is 20.8. The Morgan fingerprint density at radius 3 is 2.61 bits per heavy atom. The molecular formula is C21H20ClFN6O2. The smallest absolute Gasteiger partial charge is 0.339 e. The summed E-state index contributed by atoms with van der Waals surface area (Å²) >= 11 is 0. The molecule has 2 N–H and O–H groups in total.